The van der Waals surface area contributed by atoms with Crippen LogP contribution in [0.4, 0.5) is 0 Å². The summed E-state index contributed by atoms with van der Waals surface area (Å²) in [6.45, 7) is 1.48. The van der Waals surface area contributed by atoms with E-state index in [1.165, 1.54) is 13.1 Å². The lowest BCUT2D eigenvalue weighted by Crippen LogP contribution is -1.94. The van der Waals surface area contributed by atoms with E-state index in [1.54, 1.807) is 6.07 Å². The first-order valence-corrected chi connectivity index (χ1v) is 4.10. The fourth-order valence-electron chi connectivity index (χ4n) is 0.667. The van der Waals surface area contributed by atoms with E-state index in [-0.39, 0.29) is 5.78 Å². The molecule has 0 saturated heterocycles. The van der Waals surface area contributed by atoms with Gasteiger partial charge in [0, 0.05) is 16.2 Å². The van der Waals surface area contributed by atoms with E-state index in [1.807, 2.05) is 0 Å². The Morgan fingerprint density at radius 2 is 2.36 bits per heavy atom. The van der Waals surface area contributed by atoms with Gasteiger partial charge in [-0.3, -0.25) is 4.79 Å². The summed E-state index contributed by atoms with van der Waals surface area (Å²) in [5.74, 6) is -0.0268. The van der Waals surface area contributed by atoms with Crippen molar-refractivity contribution in [1.29, 1.82) is 0 Å². The molecule has 0 atom stereocenters. The SMILES string of the molecule is CC(=O)c1cnc(Cl)cc1Br. The summed E-state index contributed by atoms with van der Waals surface area (Å²) in [5.41, 5.74) is 0.550. The van der Waals surface area contributed by atoms with Crippen molar-refractivity contribution in [2.75, 3.05) is 0 Å². The number of Topliss-reactive ketones (excluding diaryl/α,β-unsaturated/α-hetero) is 1. The molecule has 0 N–H and O–H groups in total. The zero-order valence-corrected chi connectivity index (χ0v) is 8.11. The van der Waals surface area contributed by atoms with Crippen molar-refractivity contribution in [3.63, 3.8) is 0 Å². The van der Waals surface area contributed by atoms with Crippen LogP contribution < -0.4 is 0 Å². The molecule has 2 nitrogen and oxygen atoms in total. The minimum atomic E-state index is -0.0268. The molecule has 0 aliphatic carbocycles. The van der Waals surface area contributed by atoms with E-state index in [0.29, 0.717) is 15.2 Å². The topological polar surface area (TPSA) is 30.0 Å². The number of carbonyl (C=O) groups is 1. The number of pyridine rings is 1. The van der Waals surface area contributed by atoms with Crippen LogP contribution in [0.5, 0.6) is 0 Å². The summed E-state index contributed by atoms with van der Waals surface area (Å²) in [5, 5.41) is 0.377. The second-order valence-corrected chi connectivity index (χ2v) is 3.28. The largest absolute Gasteiger partial charge is 0.294 e. The smallest absolute Gasteiger partial charge is 0.162 e. The molecule has 58 valence electrons. The number of ketones is 1. The van der Waals surface area contributed by atoms with Crippen LogP contribution in [-0.4, -0.2) is 10.8 Å². The number of nitrogens with zero attached hydrogens (tertiary/aromatic N) is 1. The van der Waals surface area contributed by atoms with Crippen molar-refractivity contribution in [1.82, 2.24) is 4.98 Å². The Labute approximate surface area is 77.7 Å². The minimum absolute atomic E-state index is 0.0268. The molecule has 0 amide bonds. The van der Waals surface area contributed by atoms with E-state index in [9.17, 15) is 4.79 Å². The van der Waals surface area contributed by atoms with E-state index in [2.05, 4.69) is 20.9 Å². The van der Waals surface area contributed by atoms with Crippen LogP contribution in [0.2, 0.25) is 5.15 Å². The summed E-state index contributed by atoms with van der Waals surface area (Å²) >= 11 is 8.77. The molecule has 0 spiro atoms. The van der Waals surface area contributed by atoms with E-state index < -0.39 is 0 Å². The minimum Gasteiger partial charge on any atom is -0.294 e. The molecule has 1 aromatic rings. The van der Waals surface area contributed by atoms with Crippen molar-refractivity contribution >= 4 is 33.3 Å². The van der Waals surface area contributed by atoms with Crippen LogP contribution in [-0.2, 0) is 0 Å². The lowest BCUT2D eigenvalue weighted by atomic mass is 10.2. The molecule has 4 heteroatoms. The van der Waals surface area contributed by atoms with Crippen LogP contribution in [0.1, 0.15) is 17.3 Å². The van der Waals surface area contributed by atoms with Crippen molar-refractivity contribution < 1.29 is 4.79 Å². The summed E-state index contributed by atoms with van der Waals surface area (Å²) < 4.78 is 0.685. The highest BCUT2D eigenvalue weighted by atomic mass is 79.9. The molecule has 0 bridgehead atoms. The van der Waals surface area contributed by atoms with Gasteiger partial charge in [0.15, 0.2) is 5.78 Å². The first-order chi connectivity index (χ1) is 5.11. The van der Waals surface area contributed by atoms with Gasteiger partial charge >= 0.3 is 0 Å². The number of aromatic nitrogens is 1. The lowest BCUT2D eigenvalue weighted by Gasteiger charge is -1.97. The number of rotatable bonds is 1. The maximum absolute atomic E-state index is 10.9. The Kier molecular flexibility index (Phi) is 2.62. The van der Waals surface area contributed by atoms with Gasteiger partial charge < -0.3 is 0 Å². The maximum Gasteiger partial charge on any atom is 0.162 e. The highest BCUT2D eigenvalue weighted by molar-refractivity contribution is 9.10. The fourth-order valence-corrected chi connectivity index (χ4v) is 1.55. The third kappa shape index (κ3) is 2.01. The van der Waals surface area contributed by atoms with Crippen molar-refractivity contribution in [3.05, 3.63) is 27.5 Å². The predicted molar refractivity (Wildman–Crippen MR) is 47.0 cm³/mol. The predicted octanol–water partition coefficient (Wildman–Crippen LogP) is 2.70. The molecule has 1 rings (SSSR count). The van der Waals surface area contributed by atoms with Crippen molar-refractivity contribution in [2.45, 2.75) is 6.92 Å². The average Bonchev–Trinajstić information content (AvgIpc) is 1.85. The Hall–Kier alpha value is -0.410. The van der Waals surface area contributed by atoms with E-state index in [0.717, 1.165) is 0 Å². The number of carbonyl (C=O) groups excluding carboxylic acids is 1. The molecule has 0 aliphatic rings. The summed E-state index contributed by atoms with van der Waals surface area (Å²) in [6.07, 6.45) is 1.45. The molecule has 0 unspecified atom stereocenters. The van der Waals surface area contributed by atoms with Gasteiger partial charge in [-0.05, 0) is 28.9 Å². The molecule has 0 aromatic carbocycles. The van der Waals surface area contributed by atoms with E-state index in [4.69, 9.17) is 11.6 Å². The Balaban J connectivity index is 3.20. The molecule has 0 radical (unpaired) electrons. The van der Waals surface area contributed by atoms with Crippen molar-refractivity contribution in [2.24, 2.45) is 0 Å². The molecule has 0 fully saturated rings. The summed E-state index contributed by atoms with van der Waals surface area (Å²) in [7, 11) is 0. The summed E-state index contributed by atoms with van der Waals surface area (Å²) in [4.78, 5) is 14.6. The highest BCUT2D eigenvalue weighted by Crippen LogP contribution is 2.19. The zero-order valence-electron chi connectivity index (χ0n) is 5.77. The molecule has 0 saturated carbocycles. The lowest BCUT2D eigenvalue weighted by molar-refractivity contribution is 0.101. The molecular weight excluding hydrogens is 229 g/mol. The van der Waals surface area contributed by atoms with Crippen molar-refractivity contribution in [3.8, 4) is 0 Å². The zero-order chi connectivity index (χ0) is 8.43. The second-order valence-electron chi connectivity index (χ2n) is 2.04. The van der Waals surface area contributed by atoms with Crippen LogP contribution >= 0.6 is 27.5 Å². The quantitative estimate of drug-likeness (QED) is 0.552. The molecule has 11 heavy (non-hydrogen) atoms. The van der Waals surface area contributed by atoms with Gasteiger partial charge in [0.05, 0.1) is 0 Å². The van der Waals surface area contributed by atoms with E-state index >= 15 is 0 Å². The third-order valence-electron chi connectivity index (χ3n) is 1.20. The molecular formula is C7H5BrClNO. The van der Waals surface area contributed by atoms with Crippen LogP contribution in [0, 0.1) is 0 Å². The Bertz CT molecular complexity index is 300. The fraction of sp³-hybridized carbons (Fsp3) is 0.143. The monoisotopic (exact) mass is 233 g/mol. The van der Waals surface area contributed by atoms with Gasteiger partial charge in [0.25, 0.3) is 0 Å². The Morgan fingerprint density at radius 3 is 2.82 bits per heavy atom. The van der Waals surface area contributed by atoms with Gasteiger partial charge in [-0.2, -0.15) is 0 Å². The number of hydrogen-bond acceptors (Lipinski definition) is 2. The highest BCUT2D eigenvalue weighted by Gasteiger charge is 2.05. The summed E-state index contributed by atoms with van der Waals surface area (Å²) in [6, 6.07) is 1.60. The standard InChI is InChI=1S/C7H5BrClNO/c1-4(11)5-3-10-7(9)2-6(5)8/h2-3H,1H3. The molecule has 0 aliphatic heterocycles. The van der Waals surface area contributed by atoms with Gasteiger partial charge in [-0.25, -0.2) is 4.98 Å². The first kappa shape index (κ1) is 8.68. The molecule has 1 heterocycles. The van der Waals surface area contributed by atoms with Gasteiger partial charge in [-0.15, -0.1) is 0 Å². The van der Waals surface area contributed by atoms with Crippen LogP contribution in [0.3, 0.4) is 0 Å². The number of hydrogen-bond donors (Lipinski definition) is 0. The van der Waals surface area contributed by atoms with Gasteiger partial charge in [0.1, 0.15) is 5.15 Å². The average molecular weight is 234 g/mol. The first-order valence-electron chi connectivity index (χ1n) is 2.93. The maximum atomic E-state index is 10.9. The van der Waals surface area contributed by atoms with Crippen LogP contribution in [0.15, 0.2) is 16.7 Å². The molecule has 1 aromatic heterocycles. The van der Waals surface area contributed by atoms with Crippen LogP contribution in [0.25, 0.3) is 0 Å². The third-order valence-corrected chi connectivity index (χ3v) is 2.06. The number of halogens is 2. The van der Waals surface area contributed by atoms with Gasteiger partial charge in [0.2, 0.25) is 0 Å². The second kappa shape index (κ2) is 3.32. The van der Waals surface area contributed by atoms with Gasteiger partial charge in [-0.1, -0.05) is 11.6 Å². The Morgan fingerprint density at radius 1 is 1.73 bits per heavy atom. The normalized spacial score (nSPS) is 9.73.